The van der Waals surface area contributed by atoms with Crippen molar-refractivity contribution in [1.29, 1.82) is 0 Å². The fraction of sp³-hybridized carbons (Fsp3) is 0.188. The quantitative estimate of drug-likeness (QED) is 0.678. The van der Waals surface area contributed by atoms with Gasteiger partial charge in [0.15, 0.2) is 0 Å². The molecule has 0 aliphatic heterocycles. The molecule has 24 heavy (non-hydrogen) atoms. The third-order valence-electron chi connectivity index (χ3n) is 3.87. The molecule has 0 fully saturated rings. The van der Waals surface area contributed by atoms with E-state index in [1.807, 2.05) is 19.9 Å². The summed E-state index contributed by atoms with van der Waals surface area (Å²) in [5, 5.41) is 0.193. The number of fused-ring (bicyclic) bond motifs is 1. The van der Waals surface area contributed by atoms with Crippen LogP contribution in [0.4, 0.5) is 0 Å². The summed E-state index contributed by atoms with van der Waals surface area (Å²) in [6.45, 7) is 3.86. The van der Waals surface area contributed by atoms with E-state index in [-0.39, 0.29) is 14.9 Å². The maximum Gasteiger partial charge on any atom is 0.271 e. The molecule has 0 unspecified atom stereocenters. The molecule has 126 valence electrons. The van der Waals surface area contributed by atoms with Gasteiger partial charge in [0, 0.05) is 6.07 Å². The van der Waals surface area contributed by atoms with E-state index in [9.17, 15) is 8.42 Å². The van der Waals surface area contributed by atoms with Crippen LogP contribution in [-0.4, -0.2) is 24.5 Å². The van der Waals surface area contributed by atoms with Crippen LogP contribution in [0.2, 0.25) is 10.0 Å². The first-order chi connectivity index (χ1) is 11.3. The number of hydrogen-bond acceptors (Lipinski definition) is 4. The van der Waals surface area contributed by atoms with Crippen molar-refractivity contribution in [3.8, 4) is 5.75 Å². The van der Waals surface area contributed by atoms with E-state index in [4.69, 9.17) is 27.9 Å². The predicted molar refractivity (Wildman–Crippen MR) is 94.8 cm³/mol. The van der Waals surface area contributed by atoms with Crippen LogP contribution in [-0.2, 0) is 10.0 Å². The molecule has 3 aromatic rings. The monoisotopic (exact) mass is 384 g/mol. The Morgan fingerprint density at radius 1 is 1.04 bits per heavy atom. The number of halogens is 2. The lowest BCUT2D eigenvalue weighted by Gasteiger charge is -2.11. The van der Waals surface area contributed by atoms with Crippen LogP contribution in [0, 0.1) is 13.8 Å². The summed E-state index contributed by atoms with van der Waals surface area (Å²) in [4.78, 5) is 4.08. The first-order valence-electron chi connectivity index (χ1n) is 6.98. The smallest absolute Gasteiger partial charge is 0.271 e. The van der Waals surface area contributed by atoms with Crippen molar-refractivity contribution >= 4 is 44.3 Å². The SMILES string of the molecule is COc1cc(Cl)c(S(=O)(=O)n2cnc3cc(C)c(C)cc32)cc1Cl. The first-order valence-corrected chi connectivity index (χ1v) is 9.18. The fourth-order valence-corrected chi connectivity index (χ4v) is 4.52. The van der Waals surface area contributed by atoms with Crippen LogP contribution in [0.3, 0.4) is 0 Å². The molecule has 0 N–H and O–H groups in total. The highest BCUT2D eigenvalue weighted by atomic mass is 35.5. The summed E-state index contributed by atoms with van der Waals surface area (Å²) < 4.78 is 32.2. The van der Waals surface area contributed by atoms with Crippen molar-refractivity contribution in [3.63, 3.8) is 0 Å². The zero-order valence-corrected chi connectivity index (χ0v) is 15.5. The van der Waals surface area contributed by atoms with E-state index in [1.165, 1.54) is 25.6 Å². The minimum absolute atomic E-state index is 0.0296. The second-order valence-corrected chi connectivity index (χ2v) is 7.99. The van der Waals surface area contributed by atoms with Crippen LogP contribution in [0.1, 0.15) is 11.1 Å². The van der Waals surface area contributed by atoms with Crippen molar-refractivity contribution in [2.75, 3.05) is 7.11 Å². The average molecular weight is 385 g/mol. The number of aromatic nitrogens is 2. The summed E-state index contributed by atoms with van der Waals surface area (Å²) in [7, 11) is -2.52. The molecule has 0 aliphatic rings. The summed E-state index contributed by atoms with van der Waals surface area (Å²) >= 11 is 12.2. The van der Waals surface area contributed by atoms with E-state index in [0.29, 0.717) is 16.8 Å². The largest absolute Gasteiger partial charge is 0.495 e. The highest BCUT2D eigenvalue weighted by Crippen LogP contribution is 2.35. The summed E-state index contributed by atoms with van der Waals surface area (Å²) in [6.07, 6.45) is 1.27. The van der Waals surface area contributed by atoms with Gasteiger partial charge in [-0.3, -0.25) is 0 Å². The van der Waals surface area contributed by atoms with Crippen molar-refractivity contribution in [1.82, 2.24) is 8.96 Å². The normalized spacial score (nSPS) is 11.9. The minimum atomic E-state index is -3.95. The Hall–Kier alpha value is -1.76. The lowest BCUT2D eigenvalue weighted by molar-refractivity contribution is 0.414. The molecule has 1 aromatic heterocycles. The van der Waals surface area contributed by atoms with Gasteiger partial charge in [-0.1, -0.05) is 23.2 Å². The molecular formula is C16H14Cl2N2O3S. The van der Waals surface area contributed by atoms with Gasteiger partial charge in [-0.05, 0) is 43.2 Å². The summed E-state index contributed by atoms with van der Waals surface area (Å²) in [5.41, 5.74) is 3.09. The van der Waals surface area contributed by atoms with Crippen LogP contribution in [0.25, 0.3) is 11.0 Å². The second-order valence-electron chi connectivity index (χ2n) is 5.39. The standard InChI is InChI=1S/C16H14Cl2N2O3S/c1-9-4-13-14(5-10(9)2)20(8-19-13)24(21,22)16-7-11(17)15(23-3)6-12(16)18/h4-8H,1-3H3. The number of methoxy groups -OCH3 is 1. The minimum Gasteiger partial charge on any atom is -0.495 e. The first kappa shape index (κ1) is 17.1. The molecule has 0 saturated carbocycles. The maximum atomic E-state index is 13.0. The van der Waals surface area contributed by atoms with E-state index < -0.39 is 10.0 Å². The molecular weight excluding hydrogens is 371 g/mol. The van der Waals surface area contributed by atoms with Gasteiger partial charge in [-0.25, -0.2) is 17.4 Å². The summed E-state index contributed by atoms with van der Waals surface area (Å²) in [6, 6.07) is 6.30. The van der Waals surface area contributed by atoms with Gasteiger partial charge in [0.05, 0.1) is 28.2 Å². The van der Waals surface area contributed by atoms with Gasteiger partial charge in [-0.15, -0.1) is 0 Å². The molecule has 0 amide bonds. The van der Waals surface area contributed by atoms with Gasteiger partial charge in [0.1, 0.15) is 17.0 Å². The number of imidazole rings is 1. The average Bonchev–Trinajstić information content (AvgIpc) is 2.92. The number of nitrogens with zero attached hydrogens (tertiary/aromatic N) is 2. The van der Waals surface area contributed by atoms with E-state index in [2.05, 4.69) is 4.98 Å². The van der Waals surface area contributed by atoms with E-state index in [1.54, 1.807) is 6.07 Å². The molecule has 5 nitrogen and oxygen atoms in total. The molecule has 0 spiro atoms. The van der Waals surface area contributed by atoms with Crippen LogP contribution < -0.4 is 4.74 Å². The topological polar surface area (TPSA) is 61.2 Å². The Morgan fingerprint density at radius 2 is 1.71 bits per heavy atom. The molecule has 0 atom stereocenters. The molecule has 0 radical (unpaired) electrons. The van der Waals surface area contributed by atoms with Gasteiger partial charge in [0.2, 0.25) is 0 Å². The number of hydrogen-bond donors (Lipinski definition) is 0. The van der Waals surface area contributed by atoms with Gasteiger partial charge in [0.25, 0.3) is 10.0 Å². The second kappa shape index (κ2) is 5.95. The number of ether oxygens (including phenoxy) is 1. The van der Waals surface area contributed by atoms with Crippen molar-refractivity contribution in [2.45, 2.75) is 18.7 Å². The van der Waals surface area contributed by atoms with Crippen LogP contribution >= 0.6 is 23.2 Å². The Bertz CT molecular complexity index is 1060. The van der Waals surface area contributed by atoms with E-state index in [0.717, 1.165) is 15.1 Å². The third-order valence-corrected chi connectivity index (χ3v) is 6.30. The summed E-state index contributed by atoms with van der Waals surface area (Å²) in [5.74, 6) is 0.308. The Labute approximate surface area is 149 Å². The highest BCUT2D eigenvalue weighted by molar-refractivity contribution is 7.90. The lowest BCUT2D eigenvalue weighted by atomic mass is 10.1. The zero-order valence-electron chi connectivity index (χ0n) is 13.2. The van der Waals surface area contributed by atoms with Gasteiger partial charge < -0.3 is 4.74 Å². The molecule has 0 aliphatic carbocycles. The Morgan fingerprint density at radius 3 is 2.38 bits per heavy atom. The lowest BCUT2D eigenvalue weighted by Crippen LogP contribution is -2.12. The number of benzene rings is 2. The Balaban J connectivity index is 2.26. The predicted octanol–water partition coefficient (Wildman–Crippen LogP) is 4.21. The molecule has 8 heteroatoms. The Kier molecular flexibility index (Phi) is 4.23. The number of rotatable bonds is 3. The molecule has 3 rings (SSSR count). The van der Waals surface area contributed by atoms with Gasteiger partial charge >= 0.3 is 0 Å². The van der Waals surface area contributed by atoms with Crippen molar-refractivity contribution < 1.29 is 13.2 Å². The fourth-order valence-electron chi connectivity index (χ4n) is 2.40. The van der Waals surface area contributed by atoms with Crippen molar-refractivity contribution in [3.05, 3.63) is 51.8 Å². The highest BCUT2D eigenvalue weighted by Gasteiger charge is 2.24. The molecule has 2 aromatic carbocycles. The van der Waals surface area contributed by atoms with E-state index >= 15 is 0 Å². The third kappa shape index (κ3) is 2.64. The molecule has 0 saturated heterocycles. The van der Waals surface area contributed by atoms with Crippen LogP contribution in [0.15, 0.2) is 35.5 Å². The maximum absolute atomic E-state index is 13.0. The van der Waals surface area contributed by atoms with Crippen molar-refractivity contribution in [2.24, 2.45) is 0 Å². The number of aryl methyl sites for hydroxylation is 2. The zero-order chi connectivity index (χ0) is 17.6. The molecule has 0 bridgehead atoms. The van der Waals surface area contributed by atoms with Crippen LogP contribution in [0.5, 0.6) is 5.75 Å². The van der Waals surface area contributed by atoms with Gasteiger partial charge in [-0.2, -0.15) is 0 Å². The molecule has 1 heterocycles.